The molecule has 1 unspecified atom stereocenters. The van der Waals surface area contributed by atoms with Crippen molar-refractivity contribution in [3.05, 3.63) is 18.2 Å². The summed E-state index contributed by atoms with van der Waals surface area (Å²) in [7, 11) is 3.77. The Morgan fingerprint density at radius 3 is 2.80 bits per heavy atom. The second-order valence-electron chi connectivity index (χ2n) is 3.38. The molecule has 1 heterocycles. The maximum absolute atomic E-state index is 9.08. The molecule has 0 aliphatic carbocycles. The van der Waals surface area contributed by atoms with Crippen LogP contribution >= 0.6 is 0 Å². The second kappa shape index (κ2) is 5.53. The SMILES string of the molecule is CN(C)c1cccc(OCC(O)CO)n1. The van der Waals surface area contributed by atoms with Crippen molar-refractivity contribution in [1.29, 1.82) is 0 Å². The molecule has 5 nitrogen and oxygen atoms in total. The third-order valence-corrected chi connectivity index (χ3v) is 1.80. The Kier molecular flexibility index (Phi) is 4.33. The number of aromatic nitrogens is 1. The minimum Gasteiger partial charge on any atom is -0.475 e. The third-order valence-electron chi connectivity index (χ3n) is 1.80. The molecule has 15 heavy (non-hydrogen) atoms. The highest BCUT2D eigenvalue weighted by Gasteiger charge is 2.04. The van der Waals surface area contributed by atoms with E-state index in [1.54, 1.807) is 6.07 Å². The maximum atomic E-state index is 9.08. The van der Waals surface area contributed by atoms with Gasteiger partial charge in [-0.15, -0.1) is 0 Å². The van der Waals surface area contributed by atoms with Gasteiger partial charge in [-0.1, -0.05) is 6.07 Å². The van der Waals surface area contributed by atoms with E-state index in [9.17, 15) is 0 Å². The van der Waals surface area contributed by atoms with Crippen molar-refractivity contribution in [2.24, 2.45) is 0 Å². The highest BCUT2D eigenvalue weighted by molar-refractivity contribution is 5.38. The van der Waals surface area contributed by atoms with Crippen LogP contribution in [0.1, 0.15) is 0 Å². The van der Waals surface area contributed by atoms with E-state index in [0.29, 0.717) is 5.88 Å². The lowest BCUT2D eigenvalue weighted by molar-refractivity contribution is 0.0521. The number of aliphatic hydroxyl groups excluding tert-OH is 2. The number of aliphatic hydroxyl groups is 2. The zero-order valence-electron chi connectivity index (χ0n) is 8.92. The van der Waals surface area contributed by atoms with Gasteiger partial charge in [0, 0.05) is 20.2 Å². The number of ether oxygens (including phenoxy) is 1. The molecular weight excluding hydrogens is 196 g/mol. The number of hydrogen-bond donors (Lipinski definition) is 2. The van der Waals surface area contributed by atoms with E-state index in [1.807, 2.05) is 31.1 Å². The Balaban J connectivity index is 2.58. The Hall–Kier alpha value is -1.33. The van der Waals surface area contributed by atoms with E-state index in [0.717, 1.165) is 5.82 Å². The van der Waals surface area contributed by atoms with Crippen molar-refractivity contribution in [3.63, 3.8) is 0 Å². The summed E-state index contributed by atoms with van der Waals surface area (Å²) in [6.45, 7) is -0.270. The average molecular weight is 212 g/mol. The molecule has 2 N–H and O–H groups in total. The molecule has 1 rings (SSSR count). The lowest BCUT2D eigenvalue weighted by Gasteiger charge is -2.13. The highest BCUT2D eigenvalue weighted by Crippen LogP contribution is 2.13. The number of anilines is 1. The summed E-state index contributed by atoms with van der Waals surface area (Å²) in [6.07, 6.45) is -0.866. The minimum absolute atomic E-state index is 0.0420. The first-order chi connectivity index (χ1) is 7.13. The van der Waals surface area contributed by atoms with Crippen molar-refractivity contribution in [2.45, 2.75) is 6.10 Å². The number of hydrogen-bond acceptors (Lipinski definition) is 5. The van der Waals surface area contributed by atoms with Crippen LogP contribution in [0.5, 0.6) is 5.88 Å². The highest BCUT2D eigenvalue weighted by atomic mass is 16.5. The van der Waals surface area contributed by atoms with Gasteiger partial charge in [0.2, 0.25) is 5.88 Å². The maximum Gasteiger partial charge on any atom is 0.215 e. The van der Waals surface area contributed by atoms with Gasteiger partial charge in [-0.2, -0.15) is 4.98 Å². The topological polar surface area (TPSA) is 65.8 Å². The molecule has 1 aromatic rings. The molecule has 0 spiro atoms. The smallest absolute Gasteiger partial charge is 0.215 e. The number of nitrogens with zero attached hydrogens (tertiary/aromatic N) is 2. The van der Waals surface area contributed by atoms with Gasteiger partial charge < -0.3 is 19.8 Å². The molecule has 0 radical (unpaired) electrons. The van der Waals surface area contributed by atoms with Gasteiger partial charge in [-0.25, -0.2) is 0 Å². The fraction of sp³-hybridized carbons (Fsp3) is 0.500. The van der Waals surface area contributed by atoms with Crippen LogP contribution in [0.25, 0.3) is 0 Å². The predicted molar refractivity (Wildman–Crippen MR) is 57.2 cm³/mol. The first kappa shape index (κ1) is 11.7. The van der Waals surface area contributed by atoms with E-state index < -0.39 is 6.10 Å². The first-order valence-corrected chi connectivity index (χ1v) is 4.69. The van der Waals surface area contributed by atoms with Gasteiger partial charge in [0.05, 0.1) is 6.61 Å². The summed E-state index contributed by atoms with van der Waals surface area (Å²) in [5.41, 5.74) is 0. The van der Waals surface area contributed by atoms with Crippen LogP contribution in [0.2, 0.25) is 0 Å². The van der Waals surface area contributed by atoms with Crippen molar-refractivity contribution in [3.8, 4) is 5.88 Å². The van der Waals surface area contributed by atoms with Gasteiger partial charge in [0.15, 0.2) is 0 Å². The lowest BCUT2D eigenvalue weighted by Crippen LogP contribution is -2.21. The fourth-order valence-corrected chi connectivity index (χ4v) is 0.968. The predicted octanol–water partition coefficient (Wildman–Crippen LogP) is -0.120. The molecule has 0 amide bonds. The number of pyridine rings is 1. The molecule has 0 aliphatic heterocycles. The Morgan fingerprint density at radius 2 is 2.20 bits per heavy atom. The lowest BCUT2D eigenvalue weighted by atomic mass is 10.4. The largest absolute Gasteiger partial charge is 0.475 e. The summed E-state index contributed by atoms with van der Waals surface area (Å²) in [6, 6.07) is 5.38. The van der Waals surface area contributed by atoms with Gasteiger partial charge in [-0.3, -0.25) is 0 Å². The van der Waals surface area contributed by atoms with Gasteiger partial charge in [0.25, 0.3) is 0 Å². The van der Waals surface area contributed by atoms with Crippen LogP contribution < -0.4 is 9.64 Å². The van der Waals surface area contributed by atoms with Crippen LogP contribution in [0.3, 0.4) is 0 Å². The summed E-state index contributed by atoms with van der Waals surface area (Å²) in [5, 5.41) is 17.7. The van der Waals surface area contributed by atoms with Crippen LogP contribution in [-0.4, -0.2) is 48.6 Å². The molecule has 1 atom stereocenters. The molecule has 0 saturated heterocycles. The quantitative estimate of drug-likeness (QED) is 0.712. The zero-order chi connectivity index (χ0) is 11.3. The average Bonchev–Trinajstić information content (AvgIpc) is 2.26. The van der Waals surface area contributed by atoms with E-state index in [2.05, 4.69) is 4.98 Å². The van der Waals surface area contributed by atoms with Crippen molar-refractivity contribution in [2.75, 3.05) is 32.2 Å². The van der Waals surface area contributed by atoms with Crippen LogP contribution in [0, 0.1) is 0 Å². The standard InChI is InChI=1S/C10H16N2O3/c1-12(2)9-4-3-5-10(11-9)15-7-8(14)6-13/h3-5,8,13-14H,6-7H2,1-2H3. The monoisotopic (exact) mass is 212 g/mol. The van der Waals surface area contributed by atoms with Crippen LogP contribution in [-0.2, 0) is 0 Å². The Labute approximate surface area is 88.9 Å². The molecule has 0 saturated carbocycles. The van der Waals surface area contributed by atoms with E-state index in [-0.39, 0.29) is 13.2 Å². The van der Waals surface area contributed by atoms with E-state index in [4.69, 9.17) is 14.9 Å². The van der Waals surface area contributed by atoms with Gasteiger partial charge >= 0.3 is 0 Å². The molecule has 0 aliphatic rings. The van der Waals surface area contributed by atoms with Crippen molar-refractivity contribution < 1.29 is 14.9 Å². The molecule has 5 heteroatoms. The zero-order valence-corrected chi connectivity index (χ0v) is 8.92. The summed E-state index contributed by atoms with van der Waals surface area (Å²) in [5.74, 6) is 1.22. The molecular formula is C10H16N2O3. The van der Waals surface area contributed by atoms with Crippen LogP contribution in [0.15, 0.2) is 18.2 Å². The first-order valence-electron chi connectivity index (χ1n) is 4.69. The van der Waals surface area contributed by atoms with Crippen molar-refractivity contribution in [1.82, 2.24) is 4.98 Å². The molecule has 0 fully saturated rings. The second-order valence-corrected chi connectivity index (χ2v) is 3.38. The van der Waals surface area contributed by atoms with Gasteiger partial charge in [0.1, 0.15) is 18.5 Å². The van der Waals surface area contributed by atoms with Gasteiger partial charge in [-0.05, 0) is 6.07 Å². The van der Waals surface area contributed by atoms with E-state index >= 15 is 0 Å². The third kappa shape index (κ3) is 3.73. The Morgan fingerprint density at radius 1 is 1.47 bits per heavy atom. The molecule has 0 aromatic carbocycles. The summed E-state index contributed by atoms with van der Waals surface area (Å²) < 4.78 is 5.20. The van der Waals surface area contributed by atoms with Crippen molar-refractivity contribution >= 4 is 5.82 Å². The molecule has 0 bridgehead atoms. The summed E-state index contributed by atoms with van der Waals surface area (Å²) >= 11 is 0. The minimum atomic E-state index is -0.866. The Bertz CT molecular complexity index is 304. The number of rotatable bonds is 5. The fourth-order valence-electron chi connectivity index (χ4n) is 0.968. The normalized spacial score (nSPS) is 12.3. The van der Waals surface area contributed by atoms with Crippen LogP contribution in [0.4, 0.5) is 5.82 Å². The molecule has 84 valence electrons. The molecule has 1 aromatic heterocycles. The van der Waals surface area contributed by atoms with E-state index in [1.165, 1.54) is 0 Å². The summed E-state index contributed by atoms with van der Waals surface area (Å²) in [4.78, 5) is 6.05.